The molecule has 150 valence electrons. The molecule has 2 N–H and O–H groups in total. The molecule has 1 saturated heterocycles. The lowest BCUT2D eigenvalue weighted by atomic mass is 10.0. The maximum Gasteiger partial charge on any atom is 0.240 e. The number of ether oxygens (including phenoxy) is 1. The van der Waals surface area contributed by atoms with Crippen molar-refractivity contribution in [2.75, 3.05) is 18.5 Å². The lowest BCUT2D eigenvalue weighted by molar-refractivity contribution is -0.116. The van der Waals surface area contributed by atoms with Gasteiger partial charge >= 0.3 is 0 Å². The van der Waals surface area contributed by atoms with Gasteiger partial charge in [-0.2, -0.15) is 10.2 Å². The van der Waals surface area contributed by atoms with E-state index in [0.717, 1.165) is 0 Å². The van der Waals surface area contributed by atoms with Crippen LogP contribution in [0.2, 0.25) is 0 Å². The number of carbonyl (C=O) groups is 1. The van der Waals surface area contributed by atoms with E-state index in [0.29, 0.717) is 51.0 Å². The molecule has 2 aliphatic rings. The highest BCUT2D eigenvalue weighted by Gasteiger charge is 2.39. The Morgan fingerprint density at radius 1 is 1.21 bits per heavy atom. The Bertz CT molecular complexity index is 862. The first-order valence-electron chi connectivity index (χ1n) is 9.30. The van der Waals surface area contributed by atoms with Crippen LogP contribution in [0.1, 0.15) is 38.5 Å². The van der Waals surface area contributed by atoms with Gasteiger partial charge in [0, 0.05) is 50.6 Å². The average Bonchev–Trinajstić information content (AvgIpc) is 3.46. The Morgan fingerprint density at radius 3 is 2.50 bits per heavy atom. The molecule has 0 unspecified atom stereocenters. The fraction of sp³-hybridized carbons (Fsp3) is 0.526. The van der Waals surface area contributed by atoms with Gasteiger partial charge in [-0.25, -0.2) is 13.1 Å². The minimum Gasteiger partial charge on any atom is -0.381 e. The normalized spacial score (nSPS) is 18.4. The zero-order valence-corrected chi connectivity index (χ0v) is 16.4. The SMILES string of the molecule is C#CCCC1(CCC(=O)Nc2ccc(S(=O)(=O)NC3CCOCC3)cc2)N=N1. The van der Waals surface area contributed by atoms with Gasteiger partial charge in [0.2, 0.25) is 15.9 Å². The minimum atomic E-state index is -3.59. The van der Waals surface area contributed by atoms with Crippen LogP contribution in [0.5, 0.6) is 0 Å². The Hall–Kier alpha value is -2.28. The van der Waals surface area contributed by atoms with E-state index in [1.807, 2.05) is 0 Å². The maximum atomic E-state index is 12.5. The van der Waals surface area contributed by atoms with Gasteiger partial charge in [-0.3, -0.25) is 4.79 Å². The van der Waals surface area contributed by atoms with Gasteiger partial charge in [0.15, 0.2) is 5.66 Å². The number of hydrogen-bond acceptors (Lipinski definition) is 6. The number of benzene rings is 1. The molecular weight excluding hydrogens is 380 g/mol. The van der Waals surface area contributed by atoms with E-state index in [1.165, 1.54) is 12.1 Å². The molecule has 0 saturated carbocycles. The van der Waals surface area contributed by atoms with Gasteiger partial charge in [-0.05, 0) is 37.1 Å². The number of hydrogen-bond donors (Lipinski definition) is 2. The maximum absolute atomic E-state index is 12.5. The molecule has 8 nitrogen and oxygen atoms in total. The van der Waals surface area contributed by atoms with Crippen molar-refractivity contribution in [1.82, 2.24) is 4.72 Å². The molecule has 0 atom stereocenters. The van der Waals surface area contributed by atoms with Crippen LogP contribution < -0.4 is 10.0 Å². The molecule has 3 rings (SSSR count). The summed E-state index contributed by atoms with van der Waals surface area (Å²) >= 11 is 0. The molecule has 1 aromatic rings. The van der Waals surface area contributed by atoms with Crippen LogP contribution in [0, 0.1) is 12.3 Å². The number of carbonyl (C=O) groups excluding carboxylic acids is 1. The lowest BCUT2D eigenvalue weighted by Gasteiger charge is -2.23. The van der Waals surface area contributed by atoms with Gasteiger partial charge in [-0.15, -0.1) is 12.3 Å². The molecule has 0 radical (unpaired) electrons. The van der Waals surface area contributed by atoms with Crippen molar-refractivity contribution in [1.29, 1.82) is 0 Å². The van der Waals surface area contributed by atoms with Crippen LogP contribution in [0.3, 0.4) is 0 Å². The number of anilines is 1. The van der Waals surface area contributed by atoms with E-state index in [2.05, 4.69) is 26.2 Å². The van der Waals surface area contributed by atoms with Crippen molar-refractivity contribution in [3.63, 3.8) is 0 Å². The van der Waals surface area contributed by atoms with E-state index in [-0.39, 0.29) is 23.3 Å². The minimum absolute atomic E-state index is 0.113. The Kier molecular flexibility index (Phi) is 6.44. The van der Waals surface area contributed by atoms with Gasteiger partial charge < -0.3 is 10.1 Å². The Labute approximate surface area is 165 Å². The Morgan fingerprint density at radius 2 is 1.89 bits per heavy atom. The summed E-state index contributed by atoms with van der Waals surface area (Å²) in [7, 11) is -3.59. The topological polar surface area (TPSA) is 109 Å². The summed E-state index contributed by atoms with van der Waals surface area (Å²) in [5.41, 5.74) is 0.0506. The standard InChI is InChI=1S/C19H24N4O4S/c1-2-3-11-19(22-23-19)12-8-18(24)20-15-4-6-17(7-5-15)28(25,26)21-16-9-13-27-14-10-16/h1,4-7,16,21H,3,8-14H2,(H,20,24). The zero-order chi connectivity index (χ0) is 20.0. The van der Waals surface area contributed by atoms with Gasteiger partial charge in [-0.1, -0.05) is 0 Å². The third-order valence-corrected chi connectivity index (χ3v) is 6.33. The smallest absolute Gasteiger partial charge is 0.240 e. The van der Waals surface area contributed by atoms with Crippen molar-refractivity contribution in [2.45, 2.75) is 55.1 Å². The highest BCUT2D eigenvalue weighted by Crippen LogP contribution is 2.37. The molecule has 1 aromatic carbocycles. The summed E-state index contributed by atoms with van der Waals surface area (Å²) < 4.78 is 32.9. The monoisotopic (exact) mass is 404 g/mol. The van der Waals surface area contributed by atoms with E-state index >= 15 is 0 Å². The van der Waals surface area contributed by atoms with Gasteiger partial charge in [0.05, 0.1) is 4.90 Å². The third kappa shape index (κ3) is 5.61. The first kappa shape index (κ1) is 20.5. The molecule has 0 aromatic heterocycles. The molecule has 28 heavy (non-hydrogen) atoms. The van der Waals surface area contributed by atoms with Crippen LogP contribution >= 0.6 is 0 Å². The first-order chi connectivity index (χ1) is 13.4. The fourth-order valence-electron chi connectivity index (χ4n) is 3.03. The molecule has 9 heteroatoms. The van der Waals surface area contributed by atoms with Crippen LogP contribution in [0.25, 0.3) is 0 Å². The molecule has 2 heterocycles. The molecule has 0 aliphatic carbocycles. The summed E-state index contributed by atoms with van der Waals surface area (Å²) in [6.07, 6.45) is 8.59. The largest absolute Gasteiger partial charge is 0.381 e. The van der Waals surface area contributed by atoms with Crippen LogP contribution in [-0.2, 0) is 19.6 Å². The van der Waals surface area contributed by atoms with Crippen molar-refractivity contribution in [3.8, 4) is 12.3 Å². The molecule has 0 bridgehead atoms. The van der Waals surface area contributed by atoms with Gasteiger partial charge in [0.25, 0.3) is 0 Å². The Balaban J connectivity index is 1.49. The number of nitrogens with zero attached hydrogens (tertiary/aromatic N) is 2. The summed E-state index contributed by atoms with van der Waals surface area (Å²) in [6, 6.07) is 6.01. The van der Waals surface area contributed by atoms with E-state index in [4.69, 9.17) is 11.2 Å². The quantitative estimate of drug-likeness (QED) is 0.616. The first-order valence-corrected chi connectivity index (χ1v) is 10.8. The second-order valence-electron chi connectivity index (χ2n) is 6.97. The predicted molar refractivity (Wildman–Crippen MR) is 104 cm³/mol. The van der Waals surface area contributed by atoms with Crippen LogP contribution in [-0.4, -0.2) is 39.2 Å². The summed E-state index contributed by atoms with van der Waals surface area (Å²) in [6.45, 7) is 1.12. The van der Waals surface area contributed by atoms with Crippen molar-refractivity contribution < 1.29 is 17.9 Å². The predicted octanol–water partition coefficient (Wildman–Crippen LogP) is 2.44. The summed E-state index contributed by atoms with van der Waals surface area (Å²) in [4.78, 5) is 12.3. The number of rotatable bonds is 9. The number of terminal acetylenes is 1. The average molecular weight is 404 g/mol. The second kappa shape index (κ2) is 8.82. The summed E-state index contributed by atoms with van der Waals surface area (Å²) in [5, 5.41) is 10.8. The van der Waals surface area contributed by atoms with Crippen molar-refractivity contribution >= 4 is 21.6 Å². The fourth-order valence-corrected chi connectivity index (χ4v) is 4.33. The number of sulfonamides is 1. The van der Waals surface area contributed by atoms with Crippen molar-refractivity contribution in [3.05, 3.63) is 24.3 Å². The van der Waals surface area contributed by atoms with Crippen LogP contribution in [0.4, 0.5) is 5.69 Å². The van der Waals surface area contributed by atoms with E-state index in [9.17, 15) is 13.2 Å². The molecule has 1 fully saturated rings. The van der Waals surface area contributed by atoms with E-state index < -0.39 is 15.7 Å². The van der Waals surface area contributed by atoms with E-state index in [1.54, 1.807) is 12.1 Å². The van der Waals surface area contributed by atoms with Crippen LogP contribution in [0.15, 0.2) is 39.4 Å². The highest BCUT2D eigenvalue weighted by atomic mass is 32.2. The zero-order valence-electron chi connectivity index (χ0n) is 15.6. The molecular formula is C19H24N4O4S. The molecule has 0 spiro atoms. The second-order valence-corrected chi connectivity index (χ2v) is 8.68. The lowest BCUT2D eigenvalue weighted by Crippen LogP contribution is -2.38. The number of nitrogens with one attached hydrogen (secondary N) is 2. The molecule has 2 aliphatic heterocycles. The number of amides is 1. The highest BCUT2D eigenvalue weighted by molar-refractivity contribution is 7.89. The van der Waals surface area contributed by atoms with Crippen molar-refractivity contribution in [2.24, 2.45) is 10.2 Å². The third-order valence-electron chi connectivity index (χ3n) is 4.80. The summed E-state index contributed by atoms with van der Waals surface area (Å²) in [5.74, 6) is 2.38. The molecule has 1 amide bonds. The van der Waals surface area contributed by atoms with Gasteiger partial charge in [0.1, 0.15) is 0 Å².